The molecule has 0 spiro atoms. The number of aliphatic hydroxyl groups excluding tert-OH is 1. The summed E-state index contributed by atoms with van der Waals surface area (Å²) in [5, 5.41) is 19.8. The lowest BCUT2D eigenvalue weighted by atomic mass is 10.1. The standard InChI is InChI=1S/C17H21N3O5/c21-10-9-18-5-7-19(8-6-18)14-11-15(22)20(16(14)23)13-3-1-12(2-4-13)17(24)25/h1-4,14,21H,5-11H2,(H,24,25)/p+1/t14-/m0/s1. The van der Waals surface area contributed by atoms with Crippen LogP contribution in [0.3, 0.4) is 0 Å². The molecule has 0 saturated carbocycles. The fraction of sp³-hybridized carbons (Fsp3) is 0.471. The molecule has 134 valence electrons. The summed E-state index contributed by atoms with van der Waals surface area (Å²) in [6.45, 7) is 4.18. The number of carbonyl (C=O) groups is 3. The Bertz CT molecular complexity index is 667. The van der Waals surface area contributed by atoms with Gasteiger partial charge in [0, 0.05) is 0 Å². The van der Waals surface area contributed by atoms with Crippen molar-refractivity contribution >= 4 is 23.5 Å². The average Bonchev–Trinajstić information content (AvgIpc) is 2.90. The van der Waals surface area contributed by atoms with E-state index in [1.807, 2.05) is 0 Å². The number of imide groups is 1. The highest BCUT2D eigenvalue weighted by Crippen LogP contribution is 2.22. The van der Waals surface area contributed by atoms with Crippen LogP contribution in [0.15, 0.2) is 24.3 Å². The number of hydrogen-bond donors (Lipinski definition) is 3. The second-order valence-corrected chi connectivity index (χ2v) is 6.54. The second kappa shape index (κ2) is 7.30. The Hall–Kier alpha value is -2.29. The molecule has 8 heteroatoms. The van der Waals surface area contributed by atoms with Crippen molar-refractivity contribution in [1.29, 1.82) is 0 Å². The molecule has 2 heterocycles. The van der Waals surface area contributed by atoms with Gasteiger partial charge in [0.2, 0.25) is 5.91 Å². The van der Waals surface area contributed by atoms with E-state index in [4.69, 9.17) is 5.11 Å². The number of piperazine rings is 1. The van der Waals surface area contributed by atoms with Crippen LogP contribution in [0.25, 0.3) is 0 Å². The van der Waals surface area contributed by atoms with Gasteiger partial charge in [-0.1, -0.05) is 12.1 Å². The molecular formula is C17H22N3O5+. The van der Waals surface area contributed by atoms with E-state index in [9.17, 15) is 19.5 Å². The lowest BCUT2D eigenvalue weighted by molar-refractivity contribution is -1.02. The number of nitrogens with one attached hydrogen (secondary N) is 2. The Morgan fingerprint density at radius 2 is 1.80 bits per heavy atom. The van der Waals surface area contributed by atoms with Gasteiger partial charge in [0.1, 0.15) is 32.7 Å². The lowest BCUT2D eigenvalue weighted by Crippen LogP contribution is -3.30. The van der Waals surface area contributed by atoms with Crippen molar-refractivity contribution in [2.75, 3.05) is 44.2 Å². The molecule has 0 unspecified atom stereocenters. The van der Waals surface area contributed by atoms with Gasteiger partial charge in [-0.25, -0.2) is 4.90 Å². The van der Waals surface area contributed by atoms with Crippen molar-refractivity contribution in [3.05, 3.63) is 29.8 Å². The van der Waals surface area contributed by atoms with Crippen LogP contribution >= 0.6 is 0 Å². The largest absolute Gasteiger partial charge is 0.545 e. The van der Waals surface area contributed by atoms with Crippen molar-refractivity contribution in [3.8, 4) is 0 Å². The highest BCUT2D eigenvalue weighted by molar-refractivity contribution is 6.21. The van der Waals surface area contributed by atoms with Gasteiger partial charge in [-0.05, 0) is 17.7 Å². The highest BCUT2D eigenvalue weighted by Gasteiger charge is 2.46. The Balaban J connectivity index is 1.69. The Morgan fingerprint density at radius 1 is 1.16 bits per heavy atom. The topological polar surface area (TPSA) is 107 Å². The van der Waals surface area contributed by atoms with Crippen molar-refractivity contribution in [2.24, 2.45) is 0 Å². The van der Waals surface area contributed by atoms with Crippen LogP contribution in [0.1, 0.15) is 16.8 Å². The van der Waals surface area contributed by atoms with E-state index in [-0.39, 0.29) is 36.4 Å². The van der Waals surface area contributed by atoms with Crippen LogP contribution in [0.5, 0.6) is 0 Å². The minimum Gasteiger partial charge on any atom is -0.545 e. The van der Waals surface area contributed by atoms with Crippen LogP contribution in [-0.2, 0) is 9.59 Å². The number of aromatic carboxylic acids is 1. The Kier molecular flexibility index (Phi) is 5.12. The number of benzene rings is 1. The molecular weight excluding hydrogens is 326 g/mol. The number of anilines is 1. The third-order valence-corrected chi connectivity index (χ3v) is 5.07. The van der Waals surface area contributed by atoms with Gasteiger partial charge in [0.15, 0.2) is 6.04 Å². The zero-order chi connectivity index (χ0) is 18.0. The van der Waals surface area contributed by atoms with E-state index < -0.39 is 5.97 Å². The predicted molar refractivity (Wildman–Crippen MR) is 85.0 cm³/mol. The van der Waals surface area contributed by atoms with Crippen molar-refractivity contribution in [1.82, 2.24) is 0 Å². The number of amides is 2. The normalized spacial score (nSPS) is 26.9. The molecule has 2 aliphatic heterocycles. The molecule has 0 aliphatic carbocycles. The minimum absolute atomic E-state index is 0.00741. The molecule has 2 fully saturated rings. The molecule has 3 N–H and O–H groups in total. The van der Waals surface area contributed by atoms with Gasteiger partial charge in [0.25, 0.3) is 5.91 Å². The number of aliphatic hydroxyl groups is 1. The van der Waals surface area contributed by atoms with E-state index >= 15 is 0 Å². The maximum atomic E-state index is 12.8. The summed E-state index contributed by atoms with van der Waals surface area (Å²) in [4.78, 5) is 39.5. The van der Waals surface area contributed by atoms with E-state index in [0.717, 1.165) is 36.0 Å². The summed E-state index contributed by atoms with van der Waals surface area (Å²) in [6.07, 6.45) is 0.172. The SMILES string of the molecule is O=C([O-])c1ccc(N2C(=O)C[C@H]([NH+]3CC[NH+](CCO)CC3)C2=O)cc1. The average molecular weight is 348 g/mol. The number of carboxylic acid groups (broad SMARTS) is 1. The van der Waals surface area contributed by atoms with Gasteiger partial charge in [0.05, 0.1) is 24.7 Å². The van der Waals surface area contributed by atoms with Crippen LogP contribution < -0.4 is 19.8 Å². The van der Waals surface area contributed by atoms with Crippen LogP contribution in [0.2, 0.25) is 0 Å². The molecule has 1 atom stereocenters. The number of carbonyl (C=O) groups excluding carboxylic acids is 3. The maximum Gasteiger partial charge on any atom is 0.292 e. The van der Waals surface area contributed by atoms with Crippen molar-refractivity contribution in [2.45, 2.75) is 12.5 Å². The number of rotatable bonds is 5. The molecule has 2 amide bonds. The summed E-state index contributed by atoms with van der Waals surface area (Å²) in [6, 6.07) is 5.21. The zero-order valence-corrected chi connectivity index (χ0v) is 13.9. The van der Waals surface area contributed by atoms with Gasteiger partial charge in [-0.15, -0.1) is 0 Å². The first-order chi connectivity index (χ1) is 12.0. The molecule has 1 aromatic carbocycles. The summed E-state index contributed by atoms with van der Waals surface area (Å²) in [7, 11) is 0. The molecule has 2 saturated heterocycles. The van der Waals surface area contributed by atoms with E-state index in [2.05, 4.69) is 0 Å². The fourth-order valence-electron chi connectivity index (χ4n) is 3.65. The van der Waals surface area contributed by atoms with Crippen LogP contribution in [0.4, 0.5) is 5.69 Å². The summed E-state index contributed by atoms with van der Waals surface area (Å²) >= 11 is 0. The molecule has 0 bridgehead atoms. The summed E-state index contributed by atoms with van der Waals surface area (Å²) in [5.74, 6) is -1.78. The number of hydrogen-bond acceptors (Lipinski definition) is 5. The van der Waals surface area contributed by atoms with E-state index in [1.165, 1.54) is 29.2 Å². The second-order valence-electron chi connectivity index (χ2n) is 6.54. The van der Waals surface area contributed by atoms with Crippen LogP contribution in [-0.4, -0.2) is 68.3 Å². The molecule has 0 aromatic heterocycles. The van der Waals surface area contributed by atoms with Gasteiger partial charge in [-0.3, -0.25) is 9.59 Å². The molecule has 3 rings (SSSR count). The van der Waals surface area contributed by atoms with Crippen molar-refractivity contribution < 1.29 is 34.4 Å². The lowest BCUT2D eigenvalue weighted by Gasteiger charge is -2.31. The van der Waals surface area contributed by atoms with Crippen LogP contribution in [0, 0.1) is 0 Å². The fourth-order valence-corrected chi connectivity index (χ4v) is 3.65. The molecule has 8 nitrogen and oxygen atoms in total. The van der Waals surface area contributed by atoms with Gasteiger partial charge >= 0.3 is 0 Å². The first-order valence-electron chi connectivity index (χ1n) is 8.48. The van der Waals surface area contributed by atoms with Gasteiger partial charge < -0.3 is 24.8 Å². The number of nitrogens with zero attached hydrogens (tertiary/aromatic N) is 1. The maximum absolute atomic E-state index is 12.8. The first kappa shape index (κ1) is 17.5. The Morgan fingerprint density at radius 3 is 2.36 bits per heavy atom. The predicted octanol–water partition coefficient (Wildman–Crippen LogP) is -4.54. The molecule has 1 aromatic rings. The van der Waals surface area contributed by atoms with E-state index in [1.54, 1.807) is 0 Å². The zero-order valence-electron chi connectivity index (χ0n) is 13.9. The smallest absolute Gasteiger partial charge is 0.292 e. The molecule has 25 heavy (non-hydrogen) atoms. The molecule has 0 radical (unpaired) electrons. The Labute approximate surface area is 145 Å². The third-order valence-electron chi connectivity index (χ3n) is 5.07. The minimum atomic E-state index is -1.30. The quantitative estimate of drug-likeness (QED) is 0.465. The number of quaternary nitrogens is 2. The van der Waals surface area contributed by atoms with E-state index in [0.29, 0.717) is 12.2 Å². The van der Waals surface area contributed by atoms with Crippen molar-refractivity contribution in [3.63, 3.8) is 0 Å². The first-order valence-corrected chi connectivity index (χ1v) is 8.48. The monoisotopic (exact) mass is 348 g/mol. The summed E-state index contributed by atoms with van der Waals surface area (Å²) in [5.41, 5.74) is 0.402. The highest BCUT2D eigenvalue weighted by atomic mass is 16.4. The molecule has 2 aliphatic rings. The summed E-state index contributed by atoms with van der Waals surface area (Å²) < 4.78 is 0. The number of carboxylic acids is 1. The van der Waals surface area contributed by atoms with Gasteiger partial charge in [-0.2, -0.15) is 0 Å². The third kappa shape index (κ3) is 3.55.